The van der Waals surface area contributed by atoms with Crippen molar-refractivity contribution in [3.05, 3.63) is 78.9 Å². The predicted octanol–water partition coefficient (Wildman–Crippen LogP) is 3.82. The summed E-state index contributed by atoms with van der Waals surface area (Å²) in [4.78, 5) is 29.0. The molecule has 8 nitrogen and oxygen atoms in total. The van der Waals surface area contributed by atoms with Gasteiger partial charge in [0.25, 0.3) is 0 Å². The molecule has 4 rings (SSSR count). The summed E-state index contributed by atoms with van der Waals surface area (Å²) in [6.07, 6.45) is 0. The van der Waals surface area contributed by atoms with E-state index in [0.29, 0.717) is 17.2 Å². The number of anilines is 3. The normalized spacial score (nSPS) is 13.4. The number of amides is 2. The molecule has 0 saturated carbocycles. The largest absolute Gasteiger partial charge is 0.455 e. The van der Waals surface area contributed by atoms with Crippen LogP contribution in [0.25, 0.3) is 0 Å². The first-order valence-electron chi connectivity index (χ1n) is 11.6. The summed E-state index contributed by atoms with van der Waals surface area (Å²) in [5.74, 6) is 0.806. The minimum atomic E-state index is -0.237. The first kappa shape index (κ1) is 24.3. The van der Waals surface area contributed by atoms with Gasteiger partial charge in [0.05, 0.1) is 32.0 Å². The number of nitrogens with one attached hydrogen (secondary N) is 2. The highest BCUT2D eigenvalue weighted by molar-refractivity contribution is 5.95. The molecule has 0 bridgehead atoms. The minimum Gasteiger partial charge on any atom is -0.455 e. The lowest BCUT2D eigenvalue weighted by atomic mass is 10.2. The van der Waals surface area contributed by atoms with Gasteiger partial charge in [0.15, 0.2) is 5.75 Å². The second-order valence-electron chi connectivity index (χ2n) is 8.33. The van der Waals surface area contributed by atoms with Crippen LogP contribution in [0.15, 0.2) is 78.9 Å². The van der Waals surface area contributed by atoms with E-state index >= 15 is 0 Å². The van der Waals surface area contributed by atoms with Crippen molar-refractivity contribution in [2.45, 2.75) is 0 Å². The Hall–Kier alpha value is -3.88. The molecule has 1 aliphatic rings. The van der Waals surface area contributed by atoms with Gasteiger partial charge < -0.3 is 25.0 Å². The summed E-state index contributed by atoms with van der Waals surface area (Å²) < 4.78 is 11.3. The van der Waals surface area contributed by atoms with Crippen LogP contribution < -0.4 is 20.3 Å². The Balaban J connectivity index is 1.25. The molecule has 0 spiro atoms. The summed E-state index contributed by atoms with van der Waals surface area (Å²) >= 11 is 0. The quantitative estimate of drug-likeness (QED) is 0.491. The van der Waals surface area contributed by atoms with E-state index in [9.17, 15) is 9.59 Å². The summed E-state index contributed by atoms with van der Waals surface area (Å²) in [5, 5.41) is 5.76. The standard InChI is InChI=1S/C27H30N4O4/c1-30(19-26(32)28-21-11-13-22(14-12-21)31-15-17-34-18-16-31)20-27(33)29-24-9-5-6-10-25(24)35-23-7-3-2-4-8-23/h2-14H,15-20H2,1H3,(H,28,32)(H,29,33). The van der Waals surface area contributed by atoms with Crippen molar-refractivity contribution in [2.75, 3.05) is 62.0 Å². The van der Waals surface area contributed by atoms with Gasteiger partial charge in [-0.1, -0.05) is 30.3 Å². The summed E-state index contributed by atoms with van der Waals surface area (Å²) in [7, 11) is 1.73. The number of rotatable bonds is 9. The summed E-state index contributed by atoms with van der Waals surface area (Å²) in [5.41, 5.74) is 2.40. The molecule has 2 N–H and O–H groups in total. The highest BCUT2D eigenvalue weighted by Gasteiger charge is 2.14. The highest BCUT2D eigenvalue weighted by atomic mass is 16.5. The average Bonchev–Trinajstić information content (AvgIpc) is 2.86. The Bertz CT molecular complexity index is 1120. The van der Waals surface area contributed by atoms with Crippen molar-refractivity contribution in [3.63, 3.8) is 0 Å². The van der Waals surface area contributed by atoms with Gasteiger partial charge in [-0.25, -0.2) is 0 Å². The number of para-hydroxylation sites is 3. The molecule has 8 heteroatoms. The Kier molecular flexibility index (Phi) is 8.32. The van der Waals surface area contributed by atoms with Gasteiger partial charge in [0.1, 0.15) is 5.75 Å². The Morgan fingerprint density at radius 1 is 0.857 bits per heavy atom. The van der Waals surface area contributed by atoms with Crippen LogP contribution in [0.2, 0.25) is 0 Å². The van der Waals surface area contributed by atoms with Gasteiger partial charge in [-0.2, -0.15) is 0 Å². The monoisotopic (exact) mass is 474 g/mol. The van der Waals surface area contributed by atoms with Crippen molar-refractivity contribution in [1.29, 1.82) is 0 Å². The second kappa shape index (κ2) is 12.0. The van der Waals surface area contributed by atoms with Crippen LogP contribution >= 0.6 is 0 Å². The summed E-state index contributed by atoms with van der Waals surface area (Å²) in [6, 6.07) is 24.4. The van der Waals surface area contributed by atoms with Crippen LogP contribution in [0.5, 0.6) is 11.5 Å². The molecule has 0 aliphatic carbocycles. The number of benzene rings is 3. The van der Waals surface area contributed by atoms with Gasteiger partial charge >= 0.3 is 0 Å². The third-order valence-electron chi connectivity index (χ3n) is 5.49. The predicted molar refractivity (Wildman–Crippen MR) is 137 cm³/mol. The first-order valence-corrected chi connectivity index (χ1v) is 11.6. The maximum Gasteiger partial charge on any atom is 0.238 e. The van der Waals surface area contributed by atoms with E-state index in [2.05, 4.69) is 15.5 Å². The molecule has 1 heterocycles. The van der Waals surface area contributed by atoms with Gasteiger partial charge in [-0.15, -0.1) is 0 Å². The lowest BCUT2D eigenvalue weighted by Gasteiger charge is -2.28. The maximum absolute atomic E-state index is 12.6. The van der Waals surface area contributed by atoms with Crippen molar-refractivity contribution >= 4 is 28.9 Å². The lowest BCUT2D eigenvalue weighted by Crippen LogP contribution is -2.36. The molecular weight excluding hydrogens is 444 g/mol. The van der Waals surface area contributed by atoms with Gasteiger partial charge in [0.2, 0.25) is 11.8 Å². The summed E-state index contributed by atoms with van der Waals surface area (Å²) in [6.45, 7) is 3.32. The zero-order chi connectivity index (χ0) is 24.5. The molecular formula is C27H30N4O4. The van der Waals surface area contributed by atoms with Crippen molar-refractivity contribution in [1.82, 2.24) is 4.90 Å². The van der Waals surface area contributed by atoms with Crippen LogP contribution in [0, 0.1) is 0 Å². The number of morpholine rings is 1. The van der Waals surface area contributed by atoms with Crippen molar-refractivity contribution < 1.29 is 19.1 Å². The molecule has 2 amide bonds. The van der Waals surface area contributed by atoms with E-state index in [1.54, 1.807) is 24.1 Å². The zero-order valence-corrected chi connectivity index (χ0v) is 19.8. The van der Waals surface area contributed by atoms with Gasteiger partial charge in [-0.05, 0) is 55.6 Å². The zero-order valence-electron chi connectivity index (χ0n) is 19.8. The molecule has 1 aliphatic heterocycles. The van der Waals surface area contributed by atoms with Crippen LogP contribution in [0.4, 0.5) is 17.1 Å². The van der Waals surface area contributed by atoms with E-state index in [-0.39, 0.29) is 24.9 Å². The molecule has 1 saturated heterocycles. The maximum atomic E-state index is 12.6. The third-order valence-corrected chi connectivity index (χ3v) is 5.49. The van der Waals surface area contributed by atoms with E-state index < -0.39 is 0 Å². The van der Waals surface area contributed by atoms with E-state index in [4.69, 9.17) is 9.47 Å². The van der Waals surface area contributed by atoms with E-state index in [1.165, 1.54) is 0 Å². The smallest absolute Gasteiger partial charge is 0.238 e. The number of hydrogen-bond donors (Lipinski definition) is 2. The van der Waals surface area contributed by atoms with Gasteiger partial charge in [0, 0.05) is 24.5 Å². The van der Waals surface area contributed by atoms with E-state index in [1.807, 2.05) is 66.7 Å². The number of nitrogens with zero attached hydrogens (tertiary/aromatic N) is 2. The minimum absolute atomic E-state index is 0.0586. The van der Waals surface area contributed by atoms with Crippen molar-refractivity contribution in [3.8, 4) is 11.5 Å². The molecule has 0 unspecified atom stereocenters. The fourth-order valence-corrected chi connectivity index (χ4v) is 3.79. The highest BCUT2D eigenvalue weighted by Crippen LogP contribution is 2.29. The molecule has 3 aromatic carbocycles. The number of likely N-dealkylation sites (N-methyl/N-ethyl adjacent to an activating group) is 1. The molecule has 0 aromatic heterocycles. The van der Waals surface area contributed by atoms with Crippen LogP contribution in [-0.2, 0) is 14.3 Å². The number of carbonyl (C=O) groups is 2. The van der Waals surface area contributed by atoms with Crippen LogP contribution in [0.3, 0.4) is 0 Å². The molecule has 35 heavy (non-hydrogen) atoms. The Labute approximate surface area is 205 Å². The third kappa shape index (κ3) is 7.30. The Morgan fingerprint density at radius 3 is 2.20 bits per heavy atom. The molecule has 0 radical (unpaired) electrons. The van der Waals surface area contributed by atoms with Crippen LogP contribution in [-0.4, -0.2) is 63.2 Å². The van der Waals surface area contributed by atoms with Crippen LogP contribution in [0.1, 0.15) is 0 Å². The lowest BCUT2D eigenvalue weighted by molar-refractivity contribution is -0.119. The fraction of sp³-hybridized carbons (Fsp3) is 0.259. The fourth-order valence-electron chi connectivity index (χ4n) is 3.79. The number of carbonyl (C=O) groups excluding carboxylic acids is 2. The molecule has 0 atom stereocenters. The number of ether oxygens (including phenoxy) is 2. The topological polar surface area (TPSA) is 83.1 Å². The average molecular weight is 475 g/mol. The Morgan fingerprint density at radius 2 is 1.49 bits per heavy atom. The SMILES string of the molecule is CN(CC(=O)Nc1ccc(N2CCOCC2)cc1)CC(=O)Nc1ccccc1Oc1ccccc1. The first-order chi connectivity index (χ1) is 17.1. The van der Waals surface area contributed by atoms with E-state index in [0.717, 1.165) is 37.7 Å². The molecule has 3 aromatic rings. The molecule has 182 valence electrons. The second-order valence-corrected chi connectivity index (χ2v) is 8.33. The molecule has 1 fully saturated rings. The van der Waals surface area contributed by atoms with Crippen molar-refractivity contribution in [2.24, 2.45) is 0 Å². The van der Waals surface area contributed by atoms with Gasteiger partial charge in [-0.3, -0.25) is 14.5 Å². The number of hydrogen-bond acceptors (Lipinski definition) is 6.